The highest BCUT2D eigenvalue weighted by molar-refractivity contribution is 6.17. The van der Waals surface area contributed by atoms with E-state index in [2.05, 4.69) is 106 Å². The zero-order valence-corrected chi connectivity index (χ0v) is 26.1. The molecule has 7 aromatic carbocycles. The highest BCUT2D eigenvalue weighted by Crippen LogP contribution is 2.40. The van der Waals surface area contributed by atoms with Crippen LogP contribution in [-0.2, 0) is 0 Å². The van der Waals surface area contributed by atoms with E-state index >= 15 is 0 Å². The summed E-state index contributed by atoms with van der Waals surface area (Å²) in [5.74, 6) is 0. The van der Waals surface area contributed by atoms with Crippen LogP contribution < -0.4 is 0 Å². The van der Waals surface area contributed by atoms with Crippen molar-refractivity contribution in [1.29, 1.82) is 10.5 Å². The van der Waals surface area contributed by atoms with Crippen molar-refractivity contribution in [2.24, 2.45) is 0 Å². The molecule has 10 aromatic rings. The van der Waals surface area contributed by atoms with Crippen molar-refractivity contribution in [1.82, 2.24) is 9.13 Å². The molecule has 0 aliphatic rings. The molecule has 3 aromatic heterocycles. The zero-order valence-electron chi connectivity index (χ0n) is 26.1. The van der Waals surface area contributed by atoms with Crippen LogP contribution in [0.25, 0.3) is 88.1 Å². The molecule has 0 bridgehead atoms. The van der Waals surface area contributed by atoms with Gasteiger partial charge in [0.1, 0.15) is 11.2 Å². The van der Waals surface area contributed by atoms with Gasteiger partial charge in [-0.1, -0.05) is 60.7 Å². The molecule has 0 unspecified atom stereocenters. The van der Waals surface area contributed by atoms with Gasteiger partial charge in [-0.25, -0.2) is 0 Å². The minimum absolute atomic E-state index is 0.621. The van der Waals surface area contributed by atoms with Crippen LogP contribution in [0.2, 0.25) is 0 Å². The summed E-state index contributed by atoms with van der Waals surface area (Å²) < 4.78 is 10.8. The predicted molar refractivity (Wildman–Crippen MR) is 197 cm³/mol. The summed E-state index contributed by atoms with van der Waals surface area (Å²) in [6.45, 7) is 0. The lowest BCUT2D eigenvalue weighted by molar-refractivity contribution is 0.669. The Hall–Kier alpha value is -7.08. The summed E-state index contributed by atoms with van der Waals surface area (Å²) >= 11 is 0. The van der Waals surface area contributed by atoms with E-state index in [1.807, 2.05) is 60.7 Å². The van der Waals surface area contributed by atoms with Gasteiger partial charge < -0.3 is 13.6 Å². The first kappa shape index (κ1) is 27.1. The number of benzene rings is 7. The first-order chi connectivity index (χ1) is 24.2. The molecule has 49 heavy (non-hydrogen) atoms. The molecule has 3 heterocycles. The first-order valence-corrected chi connectivity index (χ1v) is 16.1. The van der Waals surface area contributed by atoms with Gasteiger partial charge in [0.15, 0.2) is 0 Å². The molecule has 226 valence electrons. The van der Waals surface area contributed by atoms with Crippen LogP contribution in [0.1, 0.15) is 11.1 Å². The van der Waals surface area contributed by atoms with Gasteiger partial charge in [0, 0.05) is 43.7 Å². The summed E-state index contributed by atoms with van der Waals surface area (Å²) in [5.41, 5.74) is 11.5. The van der Waals surface area contributed by atoms with Crippen LogP contribution >= 0.6 is 0 Å². The van der Waals surface area contributed by atoms with Gasteiger partial charge in [0.25, 0.3) is 0 Å². The fourth-order valence-electron chi connectivity index (χ4n) is 7.55. The number of hydrogen-bond acceptors (Lipinski definition) is 3. The van der Waals surface area contributed by atoms with E-state index in [9.17, 15) is 10.5 Å². The molecule has 5 nitrogen and oxygen atoms in total. The van der Waals surface area contributed by atoms with Crippen molar-refractivity contribution < 1.29 is 4.42 Å². The number of rotatable bonds is 3. The maximum atomic E-state index is 9.76. The third-order valence-corrected chi connectivity index (χ3v) is 9.74. The van der Waals surface area contributed by atoms with Gasteiger partial charge in [-0.15, -0.1) is 0 Å². The standard InChI is InChI=1S/C44H24N4O/c45-25-27-15-17-40-35(19-27)33-11-1-3-13-39(33)47(40)31-9-5-7-29(21-31)30-8-6-10-32(22-30)48-41-18-16-28(26-46)20-36(41)37-24-44-38(23-42(37)48)34-12-2-4-14-43(34)49-44/h1-24H. The quantitative estimate of drug-likeness (QED) is 0.196. The van der Waals surface area contributed by atoms with Crippen molar-refractivity contribution in [2.75, 3.05) is 0 Å². The summed E-state index contributed by atoms with van der Waals surface area (Å²) in [5, 5.41) is 25.7. The monoisotopic (exact) mass is 624 g/mol. The minimum Gasteiger partial charge on any atom is -0.456 e. The second-order valence-corrected chi connectivity index (χ2v) is 12.4. The van der Waals surface area contributed by atoms with Crippen LogP contribution in [0.5, 0.6) is 0 Å². The van der Waals surface area contributed by atoms with E-state index < -0.39 is 0 Å². The van der Waals surface area contributed by atoms with Crippen LogP contribution in [0.4, 0.5) is 0 Å². The van der Waals surface area contributed by atoms with Gasteiger partial charge in [-0.05, 0) is 96.1 Å². The van der Waals surface area contributed by atoms with Crippen LogP contribution in [0.15, 0.2) is 150 Å². The third-order valence-electron chi connectivity index (χ3n) is 9.74. The average Bonchev–Trinajstić information content (AvgIpc) is 3.80. The van der Waals surface area contributed by atoms with Crippen LogP contribution in [-0.4, -0.2) is 9.13 Å². The fourth-order valence-corrected chi connectivity index (χ4v) is 7.55. The topological polar surface area (TPSA) is 70.6 Å². The largest absolute Gasteiger partial charge is 0.456 e. The molecular formula is C44H24N4O. The van der Waals surface area contributed by atoms with Crippen LogP contribution in [0, 0.1) is 22.7 Å². The second-order valence-electron chi connectivity index (χ2n) is 12.4. The van der Waals surface area contributed by atoms with Gasteiger partial charge in [-0.3, -0.25) is 0 Å². The Morgan fingerprint density at radius 2 is 0.939 bits per heavy atom. The van der Waals surface area contributed by atoms with Crippen molar-refractivity contribution in [3.05, 3.63) is 157 Å². The van der Waals surface area contributed by atoms with Gasteiger partial charge in [-0.2, -0.15) is 10.5 Å². The molecule has 0 amide bonds. The summed E-state index contributed by atoms with van der Waals surface area (Å²) in [7, 11) is 0. The van der Waals surface area contributed by atoms with E-state index in [0.717, 1.165) is 88.1 Å². The third kappa shape index (κ3) is 3.97. The number of furan rings is 1. The Balaban J connectivity index is 1.18. The molecule has 0 radical (unpaired) electrons. The highest BCUT2D eigenvalue weighted by Gasteiger charge is 2.18. The first-order valence-electron chi connectivity index (χ1n) is 16.1. The van der Waals surface area contributed by atoms with Gasteiger partial charge >= 0.3 is 0 Å². The smallest absolute Gasteiger partial charge is 0.136 e. The number of nitrogens with zero attached hydrogens (tertiary/aromatic N) is 4. The summed E-state index contributed by atoms with van der Waals surface area (Å²) in [6, 6.07) is 54.5. The van der Waals surface area contributed by atoms with Gasteiger partial charge in [0.2, 0.25) is 0 Å². The fraction of sp³-hybridized carbons (Fsp3) is 0. The SMILES string of the molecule is N#Cc1ccc2c(c1)c1ccccc1n2-c1cccc(-c2cccc(-n3c4ccc(C#N)cc4c4cc5oc6ccccc6c5cc43)c2)c1. The lowest BCUT2D eigenvalue weighted by Crippen LogP contribution is -1.96. The van der Waals surface area contributed by atoms with Crippen molar-refractivity contribution >= 4 is 65.6 Å². The Morgan fingerprint density at radius 3 is 1.61 bits per heavy atom. The number of nitriles is 2. The number of hydrogen-bond donors (Lipinski definition) is 0. The Kier molecular flexibility index (Phi) is 5.64. The Labute approximate surface area is 280 Å². The minimum atomic E-state index is 0.621. The lowest BCUT2D eigenvalue weighted by Gasteiger charge is -2.13. The molecule has 0 saturated heterocycles. The molecule has 0 atom stereocenters. The predicted octanol–water partition coefficient (Wildman–Crippen LogP) is 11.2. The normalized spacial score (nSPS) is 11.6. The van der Waals surface area contributed by atoms with Crippen molar-refractivity contribution in [2.45, 2.75) is 0 Å². The highest BCUT2D eigenvalue weighted by atomic mass is 16.3. The molecular weight excluding hydrogens is 601 g/mol. The van der Waals surface area contributed by atoms with E-state index in [0.29, 0.717) is 11.1 Å². The molecule has 0 N–H and O–H groups in total. The maximum Gasteiger partial charge on any atom is 0.136 e. The molecule has 5 heteroatoms. The summed E-state index contributed by atoms with van der Waals surface area (Å²) in [6.07, 6.45) is 0. The Morgan fingerprint density at radius 1 is 0.388 bits per heavy atom. The van der Waals surface area contributed by atoms with E-state index in [4.69, 9.17) is 4.42 Å². The molecule has 0 spiro atoms. The molecule has 0 aliphatic carbocycles. The second kappa shape index (κ2) is 10.2. The molecule has 10 rings (SSSR count). The van der Waals surface area contributed by atoms with Crippen molar-refractivity contribution in [3.8, 4) is 34.6 Å². The van der Waals surface area contributed by atoms with Crippen LogP contribution in [0.3, 0.4) is 0 Å². The van der Waals surface area contributed by atoms with E-state index in [1.165, 1.54) is 0 Å². The van der Waals surface area contributed by atoms with Crippen molar-refractivity contribution in [3.63, 3.8) is 0 Å². The number of para-hydroxylation sites is 2. The molecule has 0 saturated carbocycles. The Bertz CT molecular complexity index is 3090. The van der Waals surface area contributed by atoms with E-state index in [-0.39, 0.29) is 0 Å². The number of aromatic nitrogens is 2. The lowest BCUT2D eigenvalue weighted by atomic mass is 10.0. The maximum absolute atomic E-state index is 9.76. The summed E-state index contributed by atoms with van der Waals surface area (Å²) in [4.78, 5) is 0. The zero-order chi connectivity index (χ0) is 32.6. The van der Waals surface area contributed by atoms with E-state index in [1.54, 1.807) is 0 Å². The molecule has 0 fully saturated rings. The average molecular weight is 625 g/mol. The van der Waals surface area contributed by atoms with Gasteiger partial charge in [0.05, 0.1) is 45.3 Å². The molecule has 0 aliphatic heterocycles. The number of fused-ring (bicyclic) bond motifs is 9.